The van der Waals surface area contributed by atoms with Crippen LogP contribution >= 0.6 is 0 Å². The fourth-order valence-electron chi connectivity index (χ4n) is 4.36. The molecule has 1 aromatic carbocycles. The van der Waals surface area contributed by atoms with Crippen LogP contribution in [0.4, 0.5) is 5.69 Å². The lowest BCUT2D eigenvalue weighted by Gasteiger charge is -2.30. The molecule has 0 unspecified atom stereocenters. The second-order valence-electron chi connectivity index (χ2n) is 9.42. The number of aromatic nitrogens is 2. The van der Waals surface area contributed by atoms with Crippen molar-refractivity contribution in [2.75, 3.05) is 25.0 Å². The van der Waals surface area contributed by atoms with E-state index in [0.717, 1.165) is 68.1 Å². The van der Waals surface area contributed by atoms with E-state index >= 15 is 0 Å². The molecule has 0 saturated carbocycles. The first-order valence-corrected chi connectivity index (χ1v) is 11.7. The van der Waals surface area contributed by atoms with Gasteiger partial charge in [0, 0.05) is 36.0 Å². The maximum Gasteiger partial charge on any atom is 0.228 e. The molecule has 7 nitrogen and oxygen atoms in total. The zero-order chi connectivity index (χ0) is 23.3. The number of hydrogen-bond donors (Lipinski definition) is 2. The van der Waals surface area contributed by atoms with Gasteiger partial charge in [-0.15, -0.1) is 0 Å². The SMILES string of the molecule is Cc1nn(CC(C)C)c(C)c1CC(=O)Nc1ccc(CCN2CCC(C(N)=O)CC2)cc1. The van der Waals surface area contributed by atoms with Crippen LogP contribution in [0.25, 0.3) is 0 Å². The van der Waals surface area contributed by atoms with Crippen LogP contribution in [0.2, 0.25) is 0 Å². The van der Waals surface area contributed by atoms with Gasteiger partial charge in [-0.25, -0.2) is 0 Å². The minimum atomic E-state index is -0.169. The molecule has 0 spiro atoms. The van der Waals surface area contributed by atoms with Crippen LogP contribution in [-0.2, 0) is 29.0 Å². The number of nitrogens with one attached hydrogen (secondary N) is 1. The third kappa shape index (κ3) is 6.42. The quantitative estimate of drug-likeness (QED) is 0.628. The Hall–Kier alpha value is -2.67. The van der Waals surface area contributed by atoms with Crippen LogP contribution in [0.5, 0.6) is 0 Å². The Bertz CT molecular complexity index is 925. The van der Waals surface area contributed by atoms with Crippen molar-refractivity contribution in [2.24, 2.45) is 17.6 Å². The number of benzene rings is 1. The number of aryl methyl sites for hydroxylation is 1. The Morgan fingerprint density at radius 3 is 2.41 bits per heavy atom. The third-order valence-electron chi connectivity index (χ3n) is 6.35. The van der Waals surface area contributed by atoms with Gasteiger partial charge < -0.3 is 16.0 Å². The minimum Gasteiger partial charge on any atom is -0.369 e. The highest BCUT2D eigenvalue weighted by molar-refractivity contribution is 5.92. The zero-order valence-corrected chi connectivity index (χ0v) is 19.9. The number of likely N-dealkylation sites (tertiary alicyclic amines) is 1. The van der Waals surface area contributed by atoms with Crippen molar-refractivity contribution >= 4 is 17.5 Å². The van der Waals surface area contributed by atoms with Gasteiger partial charge in [-0.3, -0.25) is 14.3 Å². The maximum absolute atomic E-state index is 12.6. The second kappa shape index (κ2) is 10.8. The van der Waals surface area contributed by atoms with E-state index in [1.54, 1.807) is 0 Å². The number of piperidine rings is 1. The number of nitrogens with two attached hydrogens (primary N) is 1. The summed E-state index contributed by atoms with van der Waals surface area (Å²) >= 11 is 0. The molecule has 2 amide bonds. The van der Waals surface area contributed by atoms with Crippen LogP contribution in [-0.4, -0.2) is 46.1 Å². The molecular weight excluding hydrogens is 402 g/mol. The largest absolute Gasteiger partial charge is 0.369 e. The van der Waals surface area contributed by atoms with E-state index in [-0.39, 0.29) is 17.7 Å². The highest BCUT2D eigenvalue weighted by Gasteiger charge is 2.22. The smallest absolute Gasteiger partial charge is 0.228 e. The fourth-order valence-corrected chi connectivity index (χ4v) is 4.36. The van der Waals surface area contributed by atoms with E-state index in [1.807, 2.05) is 30.7 Å². The summed E-state index contributed by atoms with van der Waals surface area (Å²) in [5.41, 5.74) is 10.5. The van der Waals surface area contributed by atoms with Crippen molar-refractivity contribution in [2.45, 2.75) is 59.9 Å². The summed E-state index contributed by atoms with van der Waals surface area (Å²) in [4.78, 5) is 26.3. The average Bonchev–Trinajstić information content (AvgIpc) is 3.00. The number of carbonyl (C=O) groups excluding carboxylic acids is 2. The molecule has 3 N–H and O–H groups in total. The highest BCUT2D eigenvalue weighted by Crippen LogP contribution is 2.19. The van der Waals surface area contributed by atoms with Gasteiger partial charge in [0.15, 0.2) is 0 Å². The van der Waals surface area contributed by atoms with E-state index in [4.69, 9.17) is 5.73 Å². The molecule has 7 heteroatoms. The molecule has 32 heavy (non-hydrogen) atoms. The average molecular weight is 440 g/mol. The molecule has 1 aromatic heterocycles. The summed E-state index contributed by atoms with van der Waals surface area (Å²) in [6, 6.07) is 8.08. The van der Waals surface area contributed by atoms with Gasteiger partial charge >= 0.3 is 0 Å². The number of amides is 2. The number of primary amides is 1. The molecule has 174 valence electrons. The number of anilines is 1. The Morgan fingerprint density at radius 1 is 1.16 bits per heavy atom. The van der Waals surface area contributed by atoms with Gasteiger partial charge in [-0.1, -0.05) is 26.0 Å². The van der Waals surface area contributed by atoms with E-state index in [0.29, 0.717) is 12.3 Å². The van der Waals surface area contributed by atoms with Gasteiger partial charge in [-0.05, 0) is 69.8 Å². The number of carbonyl (C=O) groups is 2. The predicted octanol–water partition coefficient (Wildman–Crippen LogP) is 3.08. The molecule has 2 aromatic rings. The van der Waals surface area contributed by atoms with Crippen LogP contribution in [0, 0.1) is 25.7 Å². The van der Waals surface area contributed by atoms with Gasteiger partial charge in [0.1, 0.15) is 0 Å². The summed E-state index contributed by atoms with van der Waals surface area (Å²) in [5.74, 6) is 0.351. The molecule has 0 aliphatic carbocycles. The monoisotopic (exact) mass is 439 g/mol. The Balaban J connectivity index is 1.48. The van der Waals surface area contributed by atoms with Crippen molar-refractivity contribution < 1.29 is 9.59 Å². The lowest BCUT2D eigenvalue weighted by Crippen LogP contribution is -2.39. The van der Waals surface area contributed by atoms with Gasteiger partial charge in [0.25, 0.3) is 0 Å². The zero-order valence-electron chi connectivity index (χ0n) is 19.9. The van der Waals surface area contributed by atoms with E-state index in [9.17, 15) is 9.59 Å². The maximum atomic E-state index is 12.6. The summed E-state index contributed by atoms with van der Waals surface area (Å²) < 4.78 is 2.01. The number of rotatable bonds is 9. The van der Waals surface area contributed by atoms with Crippen molar-refractivity contribution in [3.8, 4) is 0 Å². The van der Waals surface area contributed by atoms with Crippen LogP contribution < -0.4 is 11.1 Å². The van der Waals surface area contributed by atoms with Crippen LogP contribution in [0.3, 0.4) is 0 Å². The second-order valence-corrected chi connectivity index (χ2v) is 9.42. The Kier molecular flexibility index (Phi) is 8.07. The Labute approximate surface area is 191 Å². The van der Waals surface area contributed by atoms with E-state index in [2.05, 4.69) is 41.3 Å². The molecule has 0 atom stereocenters. The molecule has 1 saturated heterocycles. The van der Waals surface area contributed by atoms with Gasteiger partial charge in [0.2, 0.25) is 11.8 Å². The summed E-state index contributed by atoms with van der Waals surface area (Å²) in [7, 11) is 0. The van der Waals surface area contributed by atoms with Crippen molar-refractivity contribution in [3.63, 3.8) is 0 Å². The van der Waals surface area contributed by atoms with E-state index < -0.39 is 0 Å². The first kappa shape index (κ1) is 24.0. The predicted molar refractivity (Wildman–Crippen MR) is 127 cm³/mol. The molecule has 0 radical (unpaired) electrons. The summed E-state index contributed by atoms with van der Waals surface area (Å²) in [6.45, 7) is 12.0. The highest BCUT2D eigenvalue weighted by atomic mass is 16.2. The third-order valence-corrected chi connectivity index (χ3v) is 6.35. The summed E-state index contributed by atoms with van der Waals surface area (Å²) in [5, 5.41) is 7.62. The van der Waals surface area contributed by atoms with Gasteiger partial charge in [-0.2, -0.15) is 5.10 Å². The van der Waals surface area contributed by atoms with Crippen molar-refractivity contribution in [1.82, 2.24) is 14.7 Å². The van der Waals surface area contributed by atoms with Gasteiger partial charge in [0.05, 0.1) is 12.1 Å². The van der Waals surface area contributed by atoms with Crippen molar-refractivity contribution in [1.29, 1.82) is 0 Å². The molecule has 1 aliphatic rings. The molecule has 1 aliphatic heterocycles. The normalized spacial score (nSPS) is 15.3. The first-order chi connectivity index (χ1) is 15.2. The standard InChI is InChI=1S/C25H37N5O2/c1-17(2)16-30-19(4)23(18(3)28-30)15-24(31)27-22-7-5-20(6-8-22)9-12-29-13-10-21(11-14-29)25(26)32/h5-8,17,21H,9-16H2,1-4H3,(H2,26,32)(H,27,31). The fraction of sp³-hybridized carbons (Fsp3) is 0.560. The lowest BCUT2D eigenvalue weighted by molar-refractivity contribution is -0.123. The first-order valence-electron chi connectivity index (χ1n) is 11.7. The van der Waals surface area contributed by atoms with Crippen molar-refractivity contribution in [3.05, 3.63) is 46.8 Å². The summed E-state index contributed by atoms with van der Waals surface area (Å²) in [6.07, 6.45) is 2.99. The topological polar surface area (TPSA) is 93.2 Å². The molecular formula is C25H37N5O2. The van der Waals surface area contributed by atoms with E-state index in [1.165, 1.54) is 5.56 Å². The number of nitrogens with zero attached hydrogens (tertiary/aromatic N) is 3. The molecule has 0 bridgehead atoms. The van der Waals surface area contributed by atoms with Crippen LogP contribution in [0.1, 0.15) is 49.2 Å². The van der Waals surface area contributed by atoms with Crippen LogP contribution in [0.15, 0.2) is 24.3 Å². The molecule has 3 rings (SSSR count). The lowest BCUT2D eigenvalue weighted by atomic mass is 9.96. The molecule has 2 heterocycles. The molecule has 1 fully saturated rings. The Morgan fingerprint density at radius 2 is 1.81 bits per heavy atom. The minimum absolute atomic E-state index is 0.0228. The number of hydrogen-bond acceptors (Lipinski definition) is 4.